The zero-order valence-electron chi connectivity index (χ0n) is 9.30. The average molecular weight is 338 g/mol. The predicted octanol–water partition coefficient (Wildman–Crippen LogP) is 2.92. The van der Waals surface area contributed by atoms with E-state index in [0.717, 1.165) is 9.13 Å². The summed E-state index contributed by atoms with van der Waals surface area (Å²) in [6.45, 7) is 0. The molecule has 0 atom stereocenters. The van der Waals surface area contributed by atoms with Crippen molar-refractivity contribution in [3.8, 4) is 0 Å². The van der Waals surface area contributed by atoms with Crippen LogP contribution in [0.5, 0.6) is 0 Å². The average Bonchev–Trinajstić information content (AvgIpc) is 2.73. The molecule has 1 aromatic heterocycles. The highest BCUT2D eigenvalue weighted by atomic mass is 127. The van der Waals surface area contributed by atoms with Crippen molar-refractivity contribution in [1.29, 1.82) is 0 Å². The van der Waals surface area contributed by atoms with Crippen LogP contribution in [0.25, 0.3) is 6.08 Å². The Kier molecular flexibility index (Phi) is 3.73. The molecule has 0 amide bonds. The van der Waals surface area contributed by atoms with Gasteiger partial charge in [0.15, 0.2) is 5.78 Å². The van der Waals surface area contributed by atoms with Crippen molar-refractivity contribution in [3.05, 3.63) is 57.4 Å². The number of carbonyl (C=O) groups is 1. The lowest BCUT2D eigenvalue weighted by Crippen LogP contribution is -1.93. The lowest BCUT2D eigenvalue weighted by atomic mass is 10.1. The Hall–Kier alpha value is -1.43. The van der Waals surface area contributed by atoms with Crippen molar-refractivity contribution in [2.75, 3.05) is 0 Å². The zero-order chi connectivity index (χ0) is 12.3. The molecule has 0 N–H and O–H groups in total. The topological polar surface area (TPSA) is 34.9 Å². The van der Waals surface area contributed by atoms with E-state index in [1.807, 2.05) is 37.5 Å². The number of halogens is 1. The highest BCUT2D eigenvalue weighted by molar-refractivity contribution is 14.1. The van der Waals surface area contributed by atoms with Crippen LogP contribution in [0.3, 0.4) is 0 Å². The highest BCUT2D eigenvalue weighted by Gasteiger charge is 2.01. The molecule has 2 rings (SSSR count). The Labute approximate surface area is 113 Å². The molecule has 1 heterocycles. The standard InChI is InChI=1S/C13H11IN2O/c1-16-9-10(8-15-16)2-7-13(17)11-3-5-12(14)6-4-11/h2-9H,1H3/b7-2+. The SMILES string of the molecule is Cn1cc(/C=C/C(=O)c2ccc(I)cc2)cn1. The second-order valence-corrected chi connectivity index (χ2v) is 4.90. The highest BCUT2D eigenvalue weighted by Crippen LogP contribution is 2.09. The van der Waals surface area contributed by atoms with Crippen LogP contribution in [-0.2, 0) is 7.05 Å². The van der Waals surface area contributed by atoms with Gasteiger partial charge in [0.25, 0.3) is 0 Å². The van der Waals surface area contributed by atoms with Crippen molar-refractivity contribution >= 4 is 34.5 Å². The van der Waals surface area contributed by atoms with E-state index in [0.29, 0.717) is 5.56 Å². The lowest BCUT2D eigenvalue weighted by molar-refractivity contribution is 0.104. The molecule has 0 saturated heterocycles. The third-order valence-electron chi connectivity index (χ3n) is 2.28. The van der Waals surface area contributed by atoms with Gasteiger partial charge in [0.1, 0.15) is 0 Å². The minimum absolute atomic E-state index is 0.00486. The minimum atomic E-state index is 0.00486. The van der Waals surface area contributed by atoms with Crippen molar-refractivity contribution < 1.29 is 4.79 Å². The Morgan fingerprint density at radius 1 is 1.35 bits per heavy atom. The molecule has 0 aliphatic rings. The van der Waals surface area contributed by atoms with Crippen molar-refractivity contribution in [2.24, 2.45) is 7.05 Å². The number of aromatic nitrogens is 2. The van der Waals surface area contributed by atoms with E-state index in [2.05, 4.69) is 27.7 Å². The van der Waals surface area contributed by atoms with Gasteiger partial charge in [-0.05, 0) is 46.9 Å². The maximum absolute atomic E-state index is 11.8. The van der Waals surface area contributed by atoms with Gasteiger partial charge >= 0.3 is 0 Å². The van der Waals surface area contributed by atoms with E-state index in [1.165, 1.54) is 0 Å². The molecule has 3 nitrogen and oxygen atoms in total. The molecule has 0 unspecified atom stereocenters. The fourth-order valence-electron chi connectivity index (χ4n) is 1.41. The zero-order valence-corrected chi connectivity index (χ0v) is 11.5. The van der Waals surface area contributed by atoms with Gasteiger partial charge in [-0.25, -0.2) is 0 Å². The molecule has 4 heteroatoms. The van der Waals surface area contributed by atoms with Crippen LogP contribution in [0, 0.1) is 3.57 Å². The van der Waals surface area contributed by atoms with Crippen molar-refractivity contribution in [2.45, 2.75) is 0 Å². The fourth-order valence-corrected chi connectivity index (χ4v) is 1.77. The largest absolute Gasteiger partial charge is 0.289 e. The van der Waals surface area contributed by atoms with E-state index in [4.69, 9.17) is 0 Å². The minimum Gasteiger partial charge on any atom is -0.289 e. The summed E-state index contributed by atoms with van der Waals surface area (Å²) in [7, 11) is 1.85. The second-order valence-electron chi connectivity index (χ2n) is 3.65. The molecule has 0 radical (unpaired) electrons. The van der Waals surface area contributed by atoms with Gasteiger partial charge in [0, 0.05) is 27.9 Å². The number of carbonyl (C=O) groups excluding carboxylic acids is 1. The van der Waals surface area contributed by atoms with Crippen LogP contribution in [0.4, 0.5) is 0 Å². The van der Waals surface area contributed by atoms with Crippen molar-refractivity contribution in [1.82, 2.24) is 9.78 Å². The van der Waals surface area contributed by atoms with Gasteiger partial charge in [0.2, 0.25) is 0 Å². The molecule has 0 spiro atoms. The lowest BCUT2D eigenvalue weighted by Gasteiger charge is -1.95. The summed E-state index contributed by atoms with van der Waals surface area (Å²) >= 11 is 2.21. The third-order valence-corrected chi connectivity index (χ3v) is 3.00. The molecule has 1 aromatic carbocycles. The van der Waals surface area contributed by atoms with Gasteiger partial charge in [0.05, 0.1) is 6.20 Å². The third kappa shape index (κ3) is 3.26. The first-order chi connectivity index (χ1) is 8.15. The van der Waals surface area contributed by atoms with E-state index in [-0.39, 0.29) is 5.78 Å². The van der Waals surface area contributed by atoms with Crippen LogP contribution in [0.2, 0.25) is 0 Å². The molecule has 0 aliphatic heterocycles. The summed E-state index contributed by atoms with van der Waals surface area (Å²) in [5, 5.41) is 4.03. The maximum Gasteiger partial charge on any atom is 0.185 e. The predicted molar refractivity (Wildman–Crippen MR) is 75.7 cm³/mol. The van der Waals surface area contributed by atoms with Gasteiger partial charge in [-0.2, -0.15) is 5.10 Å². The number of nitrogens with zero attached hydrogens (tertiary/aromatic N) is 2. The molecule has 86 valence electrons. The molecule has 0 bridgehead atoms. The molecular formula is C13H11IN2O. The number of hydrogen-bond acceptors (Lipinski definition) is 2. The number of benzene rings is 1. The van der Waals surface area contributed by atoms with Gasteiger partial charge < -0.3 is 0 Å². The van der Waals surface area contributed by atoms with Crippen LogP contribution in [0.15, 0.2) is 42.7 Å². The number of allylic oxidation sites excluding steroid dienone is 1. The van der Waals surface area contributed by atoms with Crippen LogP contribution in [-0.4, -0.2) is 15.6 Å². The van der Waals surface area contributed by atoms with Crippen LogP contribution in [0.1, 0.15) is 15.9 Å². The molecule has 17 heavy (non-hydrogen) atoms. The van der Waals surface area contributed by atoms with Crippen LogP contribution >= 0.6 is 22.6 Å². The van der Waals surface area contributed by atoms with Gasteiger partial charge in [-0.15, -0.1) is 0 Å². The Balaban J connectivity index is 2.11. The summed E-state index contributed by atoms with van der Waals surface area (Å²) < 4.78 is 2.82. The summed E-state index contributed by atoms with van der Waals surface area (Å²) in [6.07, 6.45) is 6.92. The van der Waals surface area contributed by atoms with E-state index >= 15 is 0 Å². The van der Waals surface area contributed by atoms with E-state index < -0.39 is 0 Å². The number of aryl methyl sites for hydroxylation is 1. The first-order valence-corrected chi connectivity index (χ1v) is 6.19. The summed E-state index contributed by atoms with van der Waals surface area (Å²) in [4.78, 5) is 11.8. The Morgan fingerprint density at radius 2 is 2.06 bits per heavy atom. The van der Waals surface area contributed by atoms with Gasteiger partial charge in [-0.1, -0.05) is 12.1 Å². The van der Waals surface area contributed by atoms with E-state index in [1.54, 1.807) is 23.0 Å². The van der Waals surface area contributed by atoms with E-state index in [9.17, 15) is 4.79 Å². The smallest absolute Gasteiger partial charge is 0.185 e. The first-order valence-electron chi connectivity index (χ1n) is 5.12. The molecule has 0 saturated carbocycles. The van der Waals surface area contributed by atoms with Gasteiger partial charge in [-0.3, -0.25) is 9.48 Å². The second kappa shape index (κ2) is 5.27. The molecular weight excluding hydrogens is 327 g/mol. The quantitative estimate of drug-likeness (QED) is 0.490. The first kappa shape index (κ1) is 12.0. The number of rotatable bonds is 3. The number of ketones is 1. The summed E-state index contributed by atoms with van der Waals surface area (Å²) in [5.41, 5.74) is 1.62. The normalized spacial score (nSPS) is 10.9. The molecule has 0 fully saturated rings. The monoisotopic (exact) mass is 338 g/mol. The summed E-state index contributed by atoms with van der Waals surface area (Å²) in [6, 6.07) is 7.51. The Bertz CT molecular complexity index is 555. The number of hydrogen-bond donors (Lipinski definition) is 0. The molecule has 2 aromatic rings. The van der Waals surface area contributed by atoms with Crippen molar-refractivity contribution in [3.63, 3.8) is 0 Å². The van der Waals surface area contributed by atoms with Crippen LogP contribution < -0.4 is 0 Å². The molecule has 0 aliphatic carbocycles. The maximum atomic E-state index is 11.8. The summed E-state index contributed by atoms with van der Waals surface area (Å²) in [5.74, 6) is 0.00486. The Morgan fingerprint density at radius 3 is 2.65 bits per heavy atom. The fraction of sp³-hybridized carbons (Fsp3) is 0.0769.